The predicted molar refractivity (Wildman–Crippen MR) is 77.3 cm³/mol. The minimum absolute atomic E-state index is 0.276. The van der Waals surface area contributed by atoms with Crippen LogP contribution in [0, 0.1) is 0 Å². The summed E-state index contributed by atoms with van der Waals surface area (Å²) in [6, 6.07) is 0. The third-order valence-corrected chi connectivity index (χ3v) is 3.61. The Morgan fingerprint density at radius 2 is 1.11 bits per heavy atom. The number of carbonyl (C=O) groups excluding carboxylic acids is 2. The molecule has 0 amide bonds. The normalized spacial score (nSPS) is 12.1. The van der Waals surface area contributed by atoms with E-state index in [9.17, 15) is 9.59 Å². The highest BCUT2D eigenvalue weighted by Gasteiger charge is 2.24. The van der Waals surface area contributed by atoms with Crippen LogP contribution < -0.4 is 0 Å². The van der Waals surface area contributed by atoms with Crippen LogP contribution in [0.4, 0.5) is 0 Å². The Bertz CT molecular complexity index is 267. The Kier molecular flexibility index (Phi) is 7.50. The van der Waals surface area contributed by atoms with Gasteiger partial charge in [0.15, 0.2) is 0 Å². The largest absolute Gasteiger partial charge is 0.505 e. The van der Waals surface area contributed by atoms with Gasteiger partial charge < -0.3 is 8.85 Å². The second kappa shape index (κ2) is 7.52. The lowest BCUT2D eigenvalue weighted by Crippen LogP contribution is -2.27. The van der Waals surface area contributed by atoms with Crippen LogP contribution in [0.2, 0.25) is 26.2 Å². The van der Waals surface area contributed by atoms with Crippen molar-refractivity contribution in [2.45, 2.75) is 51.9 Å². The second-order valence-corrected chi connectivity index (χ2v) is 16.2. The average Bonchev–Trinajstić information content (AvgIpc) is 2.06. The molecule has 8 heteroatoms. The molecule has 0 radical (unpaired) electrons. The molecule has 0 N–H and O–H groups in total. The molecule has 0 aromatic carbocycles. The van der Waals surface area contributed by atoms with Crippen molar-refractivity contribution in [2.24, 2.45) is 0 Å². The van der Waals surface area contributed by atoms with E-state index in [1.165, 1.54) is 0 Å². The molecule has 0 aromatic heterocycles. The Hall–Kier alpha value is -0.0462. The van der Waals surface area contributed by atoms with Crippen LogP contribution in [-0.4, -0.2) is 27.2 Å². The topological polar surface area (TPSA) is 52.6 Å². The quantitative estimate of drug-likeness (QED) is 0.407. The van der Waals surface area contributed by atoms with Gasteiger partial charge in [0, 0.05) is 12.8 Å². The van der Waals surface area contributed by atoms with Gasteiger partial charge in [-0.25, -0.2) is 0 Å². The van der Waals surface area contributed by atoms with Gasteiger partial charge in [0.2, 0.25) is 0 Å². The maximum Gasteiger partial charge on any atom is 0.345 e. The smallest absolute Gasteiger partial charge is 0.345 e. The Balaban J connectivity index is 3.69. The van der Waals surface area contributed by atoms with Crippen LogP contribution in [0.1, 0.15) is 25.7 Å². The zero-order valence-corrected chi connectivity index (χ0v) is 14.7. The predicted octanol–water partition coefficient (Wildman–Crippen LogP) is 3.51. The fourth-order valence-electron chi connectivity index (χ4n) is 1.18. The first-order valence-corrected chi connectivity index (χ1v) is 13.7. The van der Waals surface area contributed by atoms with Gasteiger partial charge in [0.05, 0.1) is 0 Å². The number of unbranched alkanes of at least 4 members (excludes halogenated alkanes) is 1. The van der Waals surface area contributed by atoms with Gasteiger partial charge >= 0.3 is 15.3 Å². The molecule has 0 aliphatic rings. The Morgan fingerprint density at radius 1 is 0.833 bits per heavy atom. The van der Waals surface area contributed by atoms with Crippen LogP contribution in [0.3, 0.4) is 0 Å². The summed E-state index contributed by atoms with van der Waals surface area (Å²) >= 11 is 11.8. The Morgan fingerprint density at radius 3 is 1.33 bits per heavy atom. The SMILES string of the molecule is C[Si](C)(Cl)OC(=O)CCCCC(=O)O[Si](C)(C)Cl. The van der Waals surface area contributed by atoms with Crippen molar-refractivity contribution in [1.82, 2.24) is 0 Å². The first-order valence-electron chi connectivity index (χ1n) is 5.81. The average molecular weight is 331 g/mol. The van der Waals surface area contributed by atoms with Crippen LogP contribution >= 0.6 is 22.2 Å². The van der Waals surface area contributed by atoms with Crippen LogP contribution in [0.5, 0.6) is 0 Å². The van der Waals surface area contributed by atoms with E-state index in [0.717, 1.165) is 0 Å². The molecule has 4 nitrogen and oxygen atoms in total. The van der Waals surface area contributed by atoms with Gasteiger partial charge in [-0.2, -0.15) is 0 Å². The third-order valence-electron chi connectivity index (χ3n) is 1.72. The van der Waals surface area contributed by atoms with E-state index in [1.54, 1.807) is 26.2 Å². The maximum atomic E-state index is 11.3. The molecule has 0 saturated heterocycles. The molecule has 0 spiro atoms. The first kappa shape index (κ1) is 18.0. The Labute approximate surface area is 120 Å². The van der Waals surface area contributed by atoms with E-state index >= 15 is 0 Å². The van der Waals surface area contributed by atoms with Gasteiger partial charge in [-0.3, -0.25) is 9.59 Å². The van der Waals surface area contributed by atoms with Crippen LogP contribution in [-0.2, 0) is 18.4 Å². The third kappa shape index (κ3) is 12.4. The van der Waals surface area contributed by atoms with E-state index < -0.39 is 15.3 Å². The van der Waals surface area contributed by atoms with Crippen molar-refractivity contribution in [3.63, 3.8) is 0 Å². The van der Waals surface area contributed by atoms with Crippen molar-refractivity contribution in [2.75, 3.05) is 0 Å². The highest BCUT2D eigenvalue weighted by molar-refractivity contribution is 7.16. The second-order valence-electron chi connectivity index (χ2n) is 4.88. The minimum atomic E-state index is -2.31. The van der Waals surface area contributed by atoms with Crippen molar-refractivity contribution in [3.05, 3.63) is 0 Å². The summed E-state index contributed by atoms with van der Waals surface area (Å²) in [6.45, 7) is 6.93. The molecule has 18 heavy (non-hydrogen) atoms. The zero-order valence-electron chi connectivity index (χ0n) is 11.2. The van der Waals surface area contributed by atoms with Gasteiger partial charge in [0.1, 0.15) is 0 Å². The van der Waals surface area contributed by atoms with E-state index in [0.29, 0.717) is 12.8 Å². The number of carbonyl (C=O) groups is 2. The van der Waals surface area contributed by atoms with Gasteiger partial charge in [-0.1, -0.05) is 0 Å². The number of hydrogen-bond donors (Lipinski definition) is 0. The summed E-state index contributed by atoms with van der Waals surface area (Å²) in [4.78, 5) is 22.7. The maximum absolute atomic E-state index is 11.3. The standard InChI is InChI=1S/C10H20Cl2O4Si2/c1-17(2,11)15-9(13)7-5-6-8-10(14)16-18(3,4)12/h5-8H2,1-4H3. The molecule has 0 heterocycles. The molecule has 0 bridgehead atoms. The summed E-state index contributed by atoms with van der Waals surface area (Å²) in [5.41, 5.74) is 0. The summed E-state index contributed by atoms with van der Waals surface area (Å²) in [5.74, 6) is -0.607. The van der Waals surface area contributed by atoms with Crippen LogP contribution in [0.25, 0.3) is 0 Å². The van der Waals surface area contributed by atoms with E-state index in [-0.39, 0.29) is 24.8 Å². The number of hydrogen-bond acceptors (Lipinski definition) is 4. The molecule has 0 aromatic rings. The molecule has 0 rings (SSSR count). The zero-order chi connectivity index (χ0) is 14.4. The molecular weight excluding hydrogens is 311 g/mol. The highest BCUT2D eigenvalue weighted by Crippen LogP contribution is 2.14. The lowest BCUT2D eigenvalue weighted by molar-refractivity contribution is -0.137. The molecule has 0 fully saturated rings. The van der Waals surface area contributed by atoms with E-state index in [2.05, 4.69) is 0 Å². The van der Waals surface area contributed by atoms with E-state index in [4.69, 9.17) is 31.0 Å². The van der Waals surface area contributed by atoms with Gasteiger partial charge in [-0.15, -0.1) is 22.2 Å². The van der Waals surface area contributed by atoms with E-state index in [1.807, 2.05) is 0 Å². The van der Waals surface area contributed by atoms with Crippen molar-refractivity contribution in [3.8, 4) is 0 Å². The molecule has 0 aliphatic heterocycles. The summed E-state index contributed by atoms with van der Waals surface area (Å²) in [5, 5.41) is 0. The van der Waals surface area contributed by atoms with Gasteiger partial charge in [-0.05, 0) is 39.0 Å². The highest BCUT2D eigenvalue weighted by atomic mass is 35.6. The lowest BCUT2D eigenvalue weighted by Gasteiger charge is -2.15. The summed E-state index contributed by atoms with van der Waals surface area (Å²) < 4.78 is 10.1. The number of rotatable bonds is 7. The molecule has 0 unspecified atom stereocenters. The fourth-order valence-corrected chi connectivity index (χ4v) is 2.99. The molecule has 0 atom stereocenters. The van der Waals surface area contributed by atoms with Crippen molar-refractivity contribution >= 4 is 49.4 Å². The lowest BCUT2D eigenvalue weighted by atomic mass is 10.2. The number of halogens is 2. The monoisotopic (exact) mass is 330 g/mol. The van der Waals surface area contributed by atoms with Crippen LogP contribution in [0.15, 0.2) is 0 Å². The molecule has 106 valence electrons. The fraction of sp³-hybridized carbons (Fsp3) is 0.800. The molecule has 0 saturated carbocycles. The van der Waals surface area contributed by atoms with Crippen molar-refractivity contribution in [1.29, 1.82) is 0 Å². The summed E-state index contributed by atoms with van der Waals surface area (Å²) in [7, 11) is -4.63. The minimum Gasteiger partial charge on any atom is -0.505 e. The molecule has 0 aliphatic carbocycles. The van der Waals surface area contributed by atoms with Gasteiger partial charge in [0.25, 0.3) is 11.9 Å². The molecular formula is C10H20Cl2O4Si2. The van der Waals surface area contributed by atoms with Crippen molar-refractivity contribution < 1.29 is 18.4 Å². The first-order chi connectivity index (χ1) is 7.99. The summed E-state index contributed by atoms with van der Waals surface area (Å²) in [6.07, 6.45) is 1.72.